The summed E-state index contributed by atoms with van der Waals surface area (Å²) in [5.41, 5.74) is 0.682. The van der Waals surface area contributed by atoms with Crippen LogP contribution in [0.4, 0.5) is 0 Å². The molecule has 0 atom stereocenters. The number of benzene rings is 1. The number of thioether (sulfide) groups is 1. The lowest BCUT2D eigenvalue weighted by Gasteiger charge is -2.16. The average Bonchev–Trinajstić information content (AvgIpc) is 2.46. The predicted molar refractivity (Wildman–Crippen MR) is 80.5 cm³/mol. The van der Waals surface area contributed by atoms with Crippen molar-refractivity contribution in [1.82, 2.24) is 5.06 Å². The highest BCUT2D eigenvalue weighted by Gasteiger charge is 2.15. The minimum Gasteiger partial charge on any atom is -0.497 e. The number of ether oxygens (including phenoxy) is 2. The normalized spacial score (nSPS) is 9.90. The Balaban J connectivity index is 2.68. The van der Waals surface area contributed by atoms with E-state index in [1.807, 2.05) is 0 Å². The molecule has 0 heterocycles. The van der Waals surface area contributed by atoms with Gasteiger partial charge in [-0.25, -0.2) is 4.79 Å². The third-order valence-electron chi connectivity index (χ3n) is 2.62. The minimum absolute atomic E-state index is 0.0183. The molecular weight excluding hydrogens is 294 g/mol. The predicted octanol–water partition coefficient (Wildman–Crippen LogP) is 1.53. The number of hydrogen-bond acceptors (Lipinski definition) is 6. The van der Waals surface area contributed by atoms with Crippen LogP contribution in [0, 0.1) is 0 Å². The summed E-state index contributed by atoms with van der Waals surface area (Å²) in [7, 11) is 4.49. The Kier molecular flexibility index (Phi) is 6.87. The Morgan fingerprint density at radius 2 is 1.71 bits per heavy atom. The number of amides is 1. The first kappa shape index (κ1) is 17.2. The molecule has 0 bridgehead atoms. The Hall–Kier alpha value is -1.89. The lowest BCUT2D eigenvalue weighted by atomic mass is 10.1. The van der Waals surface area contributed by atoms with E-state index in [0.717, 1.165) is 5.06 Å². The molecule has 6 nitrogen and oxygen atoms in total. The third-order valence-corrected chi connectivity index (χ3v) is 3.15. The molecule has 0 fully saturated rings. The van der Waals surface area contributed by atoms with E-state index in [1.165, 1.54) is 33.0 Å². The van der Waals surface area contributed by atoms with E-state index in [1.54, 1.807) is 24.5 Å². The van der Waals surface area contributed by atoms with Gasteiger partial charge in [0, 0.05) is 13.1 Å². The van der Waals surface area contributed by atoms with E-state index in [4.69, 9.17) is 14.3 Å². The number of methoxy groups -OCH3 is 2. The van der Waals surface area contributed by atoms with Crippen molar-refractivity contribution in [2.75, 3.05) is 33.3 Å². The molecule has 1 aromatic carbocycles. The second-order valence-corrected chi connectivity index (χ2v) is 5.05. The van der Waals surface area contributed by atoms with Gasteiger partial charge in [-0.05, 0) is 24.0 Å². The number of hydrogen-bond donors (Lipinski definition) is 0. The fourth-order valence-electron chi connectivity index (χ4n) is 1.59. The molecule has 116 valence electrons. The first-order chi connectivity index (χ1) is 9.99. The summed E-state index contributed by atoms with van der Waals surface area (Å²) in [6.07, 6.45) is 1.82. The molecule has 0 aliphatic heterocycles. The van der Waals surface area contributed by atoms with E-state index < -0.39 is 5.97 Å². The maximum absolute atomic E-state index is 11.8. The topological polar surface area (TPSA) is 65.1 Å². The van der Waals surface area contributed by atoms with Crippen LogP contribution in [0.3, 0.4) is 0 Å². The van der Waals surface area contributed by atoms with E-state index in [0.29, 0.717) is 17.1 Å². The molecule has 0 aromatic heterocycles. The van der Waals surface area contributed by atoms with Crippen molar-refractivity contribution in [3.63, 3.8) is 0 Å². The zero-order valence-electron chi connectivity index (χ0n) is 12.5. The van der Waals surface area contributed by atoms with Gasteiger partial charge in [0.1, 0.15) is 11.5 Å². The highest BCUT2D eigenvalue weighted by atomic mass is 32.2. The van der Waals surface area contributed by atoms with Crippen LogP contribution < -0.4 is 9.47 Å². The third kappa shape index (κ3) is 5.55. The molecular formula is C14H19NO5S. The van der Waals surface area contributed by atoms with Crippen LogP contribution in [0.2, 0.25) is 0 Å². The Labute approximate surface area is 128 Å². The highest BCUT2D eigenvalue weighted by Crippen LogP contribution is 2.23. The van der Waals surface area contributed by atoms with Crippen molar-refractivity contribution in [1.29, 1.82) is 0 Å². The van der Waals surface area contributed by atoms with Crippen LogP contribution in [0.15, 0.2) is 18.2 Å². The molecule has 0 unspecified atom stereocenters. The van der Waals surface area contributed by atoms with E-state index >= 15 is 0 Å². The Morgan fingerprint density at radius 1 is 1.14 bits per heavy atom. The van der Waals surface area contributed by atoms with Crippen LogP contribution in [0.5, 0.6) is 11.5 Å². The molecule has 0 saturated heterocycles. The molecule has 0 radical (unpaired) electrons. The summed E-state index contributed by atoms with van der Waals surface area (Å²) in [5, 5.41) is 0.955. The molecule has 21 heavy (non-hydrogen) atoms. The van der Waals surface area contributed by atoms with Crippen LogP contribution in [-0.2, 0) is 20.8 Å². The van der Waals surface area contributed by atoms with Crippen molar-refractivity contribution < 1.29 is 23.9 Å². The SMILES string of the molecule is COc1cc(CC(=O)ON(C)C(=O)CSC)cc(OC)c1. The van der Waals surface area contributed by atoms with Gasteiger partial charge in [0.25, 0.3) is 5.91 Å². The van der Waals surface area contributed by atoms with Crippen molar-refractivity contribution in [2.24, 2.45) is 0 Å². The lowest BCUT2D eigenvalue weighted by molar-refractivity contribution is -0.190. The lowest BCUT2D eigenvalue weighted by Crippen LogP contribution is -2.31. The standard InChI is InChI=1S/C14H19NO5S/c1-15(13(16)9-21-4)20-14(17)7-10-5-11(18-2)8-12(6-10)19-3/h5-6,8H,7,9H2,1-4H3. The van der Waals surface area contributed by atoms with Crippen molar-refractivity contribution >= 4 is 23.6 Å². The molecule has 1 amide bonds. The second-order valence-electron chi connectivity index (χ2n) is 4.19. The minimum atomic E-state index is -0.526. The zero-order chi connectivity index (χ0) is 15.8. The van der Waals surface area contributed by atoms with Crippen LogP contribution in [0.1, 0.15) is 5.56 Å². The zero-order valence-corrected chi connectivity index (χ0v) is 13.4. The quantitative estimate of drug-likeness (QED) is 0.742. The van der Waals surface area contributed by atoms with Crippen molar-refractivity contribution in [3.05, 3.63) is 23.8 Å². The van der Waals surface area contributed by atoms with Gasteiger partial charge in [0.15, 0.2) is 0 Å². The monoisotopic (exact) mass is 313 g/mol. The molecule has 0 aliphatic carbocycles. The van der Waals surface area contributed by atoms with Crippen LogP contribution in [0.25, 0.3) is 0 Å². The largest absolute Gasteiger partial charge is 0.497 e. The molecule has 1 aromatic rings. The fourth-order valence-corrected chi connectivity index (χ4v) is 2.01. The van der Waals surface area contributed by atoms with E-state index in [-0.39, 0.29) is 18.1 Å². The summed E-state index contributed by atoms with van der Waals surface area (Å²) < 4.78 is 10.3. The van der Waals surface area contributed by atoms with Crippen LogP contribution >= 0.6 is 11.8 Å². The number of carbonyl (C=O) groups excluding carboxylic acids is 2. The average molecular weight is 313 g/mol. The van der Waals surface area contributed by atoms with Gasteiger partial charge < -0.3 is 14.3 Å². The van der Waals surface area contributed by atoms with Gasteiger partial charge in [-0.2, -0.15) is 16.8 Å². The van der Waals surface area contributed by atoms with E-state index in [9.17, 15) is 9.59 Å². The molecule has 0 saturated carbocycles. The molecule has 7 heteroatoms. The number of nitrogens with zero attached hydrogens (tertiary/aromatic N) is 1. The molecule has 0 N–H and O–H groups in total. The van der Waals surface area contributed by atoms with Crippen LogP contribution in [-0.4, -0.2) is 50.2 Å². The summed E-state index contributed by atoms with van der Waals surface area (Å²) in [5.74, 6) is 0.644. The highest BCUT2D eigenvalue weighted by molar-refractivity contribution is 7.99. The summed E-state index contributed by atoms with van der Waals surface area (Å²) in [6.45, 7) is 0. The van der Waals surface area contributed by atoms with Crippen molar-refractivity contribution in [2.45, 2.75) is 6.42 Å². The fraction of sp³-hybridized carbons (Fsp3) is 0.429. The van der Waals surface area contributed by atoms with Gasteiger partial charge in [0.2, 0.25) is 0 Å². The summed E-state index contributed by atoms with van der Waals surface area (Å²) in [4.78, 5) is 28.3. The summed E-state index contributed by atoms with van der Waals surface area (Å²) >= 11 is 1.36. The van der Waals surface area contributed by atoms with Gasteiger partial charge in [0.05, 0.1) is 26.4 Å². The van der Waals surface area contributed by atoms with E-state index in [2.05, 4.69) is 0 Å². The maximum Gasteiger partial charge on any atom is 0.336 e. The van der Waals surface area contributed by atoms with Gasteiger partial charge in [-0.1, -0.05) is 0 Å². The van der Waals surface area contributed by atoms with Gasteiger partial charge >= 0.3 is 5.97 Å². The first-order valence-corrected chi connectivity index (χ1v) is 7.57. The Morgan fingerprint density at radius 3 is 2.19 bits per heavy atom. The van der Waals surface area contributed by atoms with Gasteiger partial charge in [-0.15, -0.1) is 0 Å². The number of hydroxylamine groups is 2. The maximum atomic E-state index is 11.8. The van der Waals surface area contributed by atoms with Gasteiger partial charge in [-0.3, -0.25) is 4.79 Å². The molecule has 0 aliphatic rings. The second kappa shape index (κ2) is 8.41. The number of rotatable bonds is 6. The smallest absolute Gasteiger partial charge is 0.336 e. The molecule has 1 rings (SSSR count). The number of carbonyl (C=O) groups is 2. The molecule has 0 spiro atoms. The first-order valence-electron chi connectivity index (χ1n) is 6.18. The summed E-state index contributed by atoms with van der Waals surface area (Å²) in [6, 6.07) is 5.14. The van der Waals surface area contributed by atoms with Crippen molar-refractivity contribution in [3.8, 4) is 11.5 Å². The Bertz CT molecular complexity index is 484.